The van der Waals surface area contributed by atoms with Gasteiger partial charge in [0.15, 0.2) is 5.17 Å². The van der Waals surface area contributed by atoms with Crippen molar-refractivity contribution >= 4 is 46.2 Å². The molecular formula is C33H33FN4O5S. The number of carbonyl (C=O) groups excluding carboxylic acids is 3. The van der Waals surface area contributed by atoms with Gasteiger partial charge in [0.2, 0.25) is 11.8 Å². The molecule has 9 nitrogen and oxygen atoms in total. The van der Waals surface area contributed by atoms with E-state index >= 15 is 0 Å². The summed E-state index contributed by atoms with van der Waals surface area (Å²) in [5, 5.41) is 2.86. The van der Waals surface area contributed by atoms with Crippen LogP contribution in [0.5, 0.6) is 0 Å². The minimum Gasteiger partial charge on any atom is -0.445 e. The number of aliphatic imine (C=N–C) groups is 1. The third kappa shape index (κ3) is 6.95. The van der Waals surface area contributed by atoms with E-state index in [4.69, 9.17) is 9.47 Å². The standard InChI is InChI=1S/C33H33FN4O5S/c34-24-9-4-10-26(19-24)36-32-38(20-27-11-6-18-42-27)31(40)29(44-32)23-13-15-25(16-14-23)35-30(39)28-12-5-17-37(28)33(41)43-21-22-7-2-1-3-8-22/h1-4,7-10,13-16,19,27-29H,5-6,11-12,17-18,20-21H2,(H,35,39)/t27?,28-,29?/m1/s1. The van der Waals surface area contributed by atoms with Crippen molar-refractivity contribution in [1.82, 2.24) is 9.80 Å². The van der Waals surface area contributed by atoms with Gasteiger partial charge in [-0.05, 0) is 67.1 Å². The molecule has 3 aromatic carbocycles. The summed E-state index contributed by atoms with van der Waals surface area (Å²) >= 11 is 1.31. The van der Waals surface area contributed by atoms with E-state index in [-0.39, 0.29) is 24.5 Å². The lowest BCUT2D eigenvalue weighted by atomic mass is 10.1. The Balaban J connectivity index is 1.11. The molecule has 0 spiro atoms. The number of hydrogen-bond acceptors (Lipinski definition) is 7. The Bertz CT molecular complexity index is 1530. The number of hydrogen-bond donors (Lipinski definition) is 1. The van der Waals surface area contributed by atoms with Gasteiger partial charge in [0.1, 0.15) is 23.7 Å². The number of thioether (sulfide) groups is 1. The summed E-state index contributed by atoms with van der Waals surface area (Å²) in [6.07, 6.45) is 2.48. The summed E-state index contributed by atoms with van der Waals surface area (Å²) in [5.74, 6) is -0.802. The van der Waals surface area contributed by atoms with Crippen molar-refractivity contribution in [1.29, 1.82) is 0 Å². The predicted molar refractivity (Wildman–Crippen MR) is 166 cm³/mol. The molecule has 3 atom stereocenters. The average molecular weight is 617 g/mol. The van der Waals surface area contributed by atoms with E-state index in [2.05, 4.69) is 10.3 Å². The van der Waals surface area contributed by atoms with Crippen molar-refractivity contribution < 1.29 is 28.2 Å². The van der Waals surface area contributed by atoms with E-state index in [0.717, 1.165) is 24.0 Å². The zero-order valence-corrected chi connectivity index (χ0v) is 24.9. The van der Waals surface area contributed by atoms with Crippen molar-refractivity contribution in [2.75, 3.05) is 25.0 Å². The van der Waals surface area contributed by atoms with E-state index in [1.807, 2.05) is 30.3 Å². The van der Waals surface area contributed by atoms with Crippen LogP contribution >= 0.6 is 11.8 Å². The maximum absolute atomic E-state index is 13.8. The molecule has 228 valence electrons. The first kappa shape index (κ1) is 29.8. The van der Waals surface area contributed by atoms with Gasteiger partial charge in [-0.15, -0.1) is 0 Å². The van der Waals surface area contributed by atoms with Crippen molar-refractivity contribution in [3.8, 4) is 0 Å². The maximum Gasteiger partial charge on any atom is 0.410 e. The van der Waals surface area contributed by atoms with E-state index < -0.39 is 23.2 Å². The van der Waals surface area contributed by atoms with Gasteiger partial charge in [-0.25, -0.2) is 14.2 Å². The highest BCUT2D eigenvalue weighted by atomic mass is 32.2. The van der Waals surface area contributed by atoms with Crippen molar-refractivity contribution in [3.63, 3.8) is 0 Å². The predicted octanol–water partition coefficient (Wildman–Crippen LogP) is 6.05. The van der Waals surface area contributed by atoms with Crippen molar-refractivity contribution in [2.24, 2.45) is 4.99 Å². The van der Waals surface area contributed by atoms with Crippen LogP contribution in [0.1, 0.15) is 42.1 Å². The quantitative estimate of drug-likeness (QED) is 0.331. The first-order valence-electron chi connectivity index (χ1n) is 14.8. The number of amides is 3. The minimum atomic E-state index is -0.627. The molecule has 3 aliphatic heterocycles. The summed E-state index contributed by atoms with van der Waals surface area (Å²) < 4.78 is 25.1. The van der Waals surface area contributed by atoms with Gasteiger partial charge in [-0.1, -0.05) is 60.3 Å². The van der Waals surface area contributed by atoms with Crippen LogP contribution in [0, 0.1) is 5.82 Å². The van der Waals surface area contributed by atoms with Gasteiger partial charge in [0, 0.05) is 18.8 Å². The van der Waals surface area contributed by atoms with Gasteiger partial charge in [0.05, 0.1) is 18.3 Å². The summed E-state index contributed by atoms with van der Waals surface area (Å²) in [5.41, 5.74) is 2.62. The van der Waals surface area contributed by atoms with Crippen LogP contribution in [0.2, 0.25) is 0 Å². The molecule has 3 saturated heterocycles. The number of nitrogens with zero attached hydrogens (tertiary/aromatic N) is 3. The Morgan fingerprint density at radius 3 is 2.59 bits per heavy atom. The van der Waals surface area contributed by atoms with Gasteiger partial charge in [-0.3, -0.25) is 19.4 Å². The van der Waals surface area contributed by atoms with Crippen molar-refractivity contribution in [2.45, 2.75) is 49.7 Å². The third-order valence-electron chi connectivity index (χ3n) is 7.86. The molecule has 3 aliphatic rings. The average Bonchev–Trinajstić information content (AvgIpc) is 3.80. The molecule has 3 heterocycles. The second-order valence-electron chi connectivity index (χ2n) is 11.0. The van der Waals surface area contributed by atoms with E-state index in [9.17, 15) is 18.8 Å². The summed E-state index contributed by atoms with van der Waals surface area (Å²) in [7, 11) is 0. The fourth-order valence-corrected chi connectivity index (χ4v) is 6.78. The molecule has 3 aromatic rings. The molecule has 2 unspecified atom stereocenters. The topological polar surface area (TPSA) is 101 Å². The number of rotatable bonds is 8. The molecule has 1 N–H and O–H groups in total. The lowest BCUT2D eigenvalue weighted by Gasteiger charge is -2.23. The van der Waals surface area contributed by atoms with Gasteiger partial charge >= 0.3 is 6.09 Å². The number of likely N-dealkylation sites (tertiary alicyclic amines) is 1. The van der Waals surface area contributed by atoms with Gasteiger partial charge in [-0.2, -0.15) is 0 Å². The fraction of sp³-hybridized carbons (Fsp3) is 0.333. The zero-order valence-electron chi connectivity index (χ0n) is 24.1. The normalized spacial score (nSPS) is 22.5. The Kier molecular flexibility index (Phi) is 9.23. The first-order valence-corrected chi connectivity index (χ1v) is 15.6. The van der Waals surface area contributed by atoms with Gasteiger partial charge in [0.25, 0.3) is 0 Å². The summed E-state index contributed by atoms with van der Waals surface area (Å²) in [4.78, 5) is 47.3. The summed E-state index contributed by atoms with van der Waals surface area (Å²) in [6.45, 7) is 1.65. The lowest BCUT2D eigenvalue weighted by molar-refractivity contribution is -0.127. The smallest absolute Gasteiger partial charge is 0.410 e. The van der Waals surface area contributed by atoms with Crippen LogP contribution in [0.15, 0.2) is 83.9 Å². The van der Waals surface area contributed by atoms with Crippen LogP contribution in [0.3, 0.4) is 0 Å². The lowest BCUT2D eigenvalue weighted by Crippen LogP contribution is -2.43. The Hall–Kier alpha value is -4.22. The molecule has 0 saturated carbocycles. The number of amidine groups is 1. The monoisotopic (exact) mass is 616 g/mol. The number of anilines is 1. The van der Waals surface area contributed by atoms with Crippen molar-refractivity contribution in [3.05, 3.63) is 95.8 Å². The molecule has 44 heavy (non-hydrogen) atoms. The van der Waals surface area contributed by atoms with E-state index in [0.29, 0.717) is 49.1 Å². The molecule has 0 radical (unpaired) electrons. The molecule has 0 aromatic heterocycles. The highest BCUT2D eigenvalue weighted by Crippen LogP contribution is 2.41. The molecule has 3 fully saturated rings. The second-order valence-corrected chi connectivity index (χ2v) is 12.0. The zero-order chi connectivity index (χ0) is 30.5. The number of nitrogens with one attached hydrogen (secondary N) is 1. The minimum absolute atomic E-state index is 0.0700. The van der Waals surface area contributed by atoms with Crippen LogP contribution in [0.4, 0.5) is 20.6 Å². The highest BCUT2D eigenvalue weighted by molar-refractivity contribution is 8.15. The third-order valence-corrected chi connectivity index (χ3v) is 9.10. The fourth-order valence-electron chi connectivity index (χ4n) is 5.60. The highest BCUT2D eigenvalue weighted by Gasteiger charge is 2.41. The van der Waals surface area contributed by atoms with E-state index in [1.54, 1.807) is 41.3 Å². The van der Waals surface area contributed by atoms with Crippen LogP contribution < -0.4 is 5.32 Å². The molecular weight excluding hydrogens is 583 g/mol. The largest absolute Gasteiger partial charge is 0.445 e. The Morgan fingerprint density at radius 2 is 1.84 bits per heavy atom. The molecule has 6 rings (SSSR count). The molecule has 3 amide bonds. The SMILES string of the molecule is O=C(Nc1ccc(C2SC(=Nc3cccc(F)c3)N(CC3CCCO3)C2=O)cc1)[C@H]1CCCN1C(=O)OCc1ccccc1. The van der Waals surface area contributed by atoms with E-state index in [1.165, 1.54) is 28.8 Å². The number of benzene rings is 3. The second kappa shape index (κ2) is 13.6. The van der Waals surface area contributed by atoms with Gasteiger partial charge < -0.3 is 14.8 Å². The number of halogens is 1. The Morgan fingerprint density at radius 1 is 1.02 bits per heavy atom. The number of carbonyl (C=O) groups is 3. The number of ether oxygens (including phenoxy) is 2. The first-order chi connectivity index (χ1) is 21.4. The molecule has 0 aliphatic carbocycles. The Labute approximate surface area is 259 Å². The van der Waals surface area contributed by atoms with Crippen LogP contribution in [-0.2, 0) is 25.7 Å². The molecule has 11 heteroatoms. The molecule has 0 bridgehead atoms. The maximum atomic E-state index is 13.8. The van der Waals surface area contributed by atoms with Crippen LogP contribution in [-0.4, -0.2) is 64.7 Å². The van der Waals surface area contributed by atoms with Crippen LogP contribution in [0.25, 0.3) is 0 Å². The summed E-state index contributed by atoms with van der Waals surface area (Å²) in [6, 6.07) is 21.9.